The summed E-state index contributed by atoms with van der Waals surface area (Å²) >= 11 is 0. The maximum atomic E-state index is 12.7. The lowest BCUT2D eigenvalue weighted by Gasteiger charge is -2.60. The summed E-state index contributed by atoms with van der Waals surface area (Å²) in [5.41, 5.74) is 7.61. The van der Waals surface area contributed by atoms with Gasteiger partial charge < -0.3 is 66.3 Å². The summed E-state index contributed by atoms with van der Waals surface area (Å²) < 4.78 is 73.4. The molecule has 10 atom stereocenters. The van der Waals surface area contributed by atoms with Crippen molar-refractivity contribution in [2.75, 3.05) is 47.1 Å². The number of hydrogen-bond donors (Lipinski definition) is 0. The van der Waals surface area contributed by atoms with E-state index in [1.165, 1.54) is 175 Å². The van der Waals surface area contributed by atoms with Gasteiger partial charge in [0.25, 0.3) is 0 Å². The lowest BCUT2D eigenvalue weighted by Crippen LogP contribution is -2.76. The van der Waals surface area contributed by atoms with Crippen LogP contribution in [0.15, 0.2) is 36.4 Å². The van der Waals surface area contributed by atoms with Gasteiger partial charge in [0.1, 0.15) is 37.6 Å². The van der Waals surface area contributed by atoms with Crippen LogP contribution in [-0.4, -0.2) is 164 Å². The molecular weight excluding hydrogens is 1190 g/mol. The highest BCUT2D eigenvalue weighted by Crippen LogP contribution is 2.62. The molecule has 1 aromatic heterocycles. The molecule has 480 valence electrons. The Balaban J connectivity index is 0.000000193. The Bertz CT molecular complexity index is 4490. The van der Waals surface area contributed by atoms with Crippen molar-refractivity contribution in [3.05, 3.63) is 69.8 Å². The average molecular weight is 1260 g/mol. The Labute approximate surface area is 526 Å². The molecule has 6 fully saturated rings. The lowest BCUT2D eigenvalue weighted by atomic mass is 9.70. The molecule has 9 aliphatic rings. The Hall–Kier alpha value is -8.28. The van der Waals surface area contributed by atoms with Gasteiger partial charge in [0, 0.05) is 116 Å². The van der Waals surface area contributed by atoms with E-state index in [4.69, 9.17) is 56.8 Å². The quantitative estimate of drug-likeness (QED) is 0.0339. The second-order valence-electron chi connectivity index (χ2n) is 26.4. The standard InChI is InChI=1S/C50H39NO10.C20H31NO10/c1-20(52)56-19-34-49(60-23(4)55)17-33(59-22(3)54)50(61-34,18-32(49)58-21(2)53)57-10-9-51-47-26-7-8-27-14-31-16-29-12-25-6-5-24-11-28-15-30(13-26)39-37(28)41-35(24)36(25)42-38(29)40(31)46(48(27)51)44(43(41)42)45(39)47;1-12(22)26-11-18-19(30-15(4)25)9-17(29-14(3)24)20(31-18,27-8-7-21(5)6)10-16(19)28-13(2)23/h5-6,11-14,32-34H,7-10,15-19H2,1-4H3;16-18H,7-11H2,1-6H3. The van der Waals surface area contributed by atoms with Crippen molar-refractivity contribution in [1.29, 1.82) is 0 Å². The van der Waals surface area contributed by atoms with E-state index < -0.39 is 107 Å². The maximum Gasteiger partial charge on any atom is 0.303 e. The molecule has 92 heavy (non-hydrogen) atoms. The van der Waals surface area contributed by atoms with Crippen LogP contribution in [0.1, 0.15) is 114 Å². The molecule has 0 radical (unpaired) electrons. The van der Waals surface area contributed by atoms with Crippen molar-refractivity contribution in [3.63, 3.8) is 0 Å². The van der Waals surface area contributed by atoms with Crippen molar-refractivity contribution in [3.8, 4) is 0 Å². The summed E-state index contributed by atoms with van der Waals surface area (Å²) in [6.45, 7) is 10.8. The van der Waals surface area contributed by atoms with Gasteiger partial charge in [0.05, 0.1) is 24.2 Å². The first kappa shape index (κ1) is 60.0. The monoisotopic (exact) mass is 1260 g/mol. The SMILES string of the molecule is CC(=O)OCC1OC2(OCCN(C)C)CC(OC(C)=O)C1(OC(C)=O)CC2OC(C)=O.CC(=O)OCC1OC2(OCCn3c4c5cc6c7c8c(cc9ccc%10cc%11c%12c%13c(cc(c3c%13c(c3c8c9c%10c%123)c74)CC5)C%11)C6)CC(OC(C)=O)C1(OC(C)=O)CC2OC(C)=O. The van der Waals surface area contributed by atoms with Crippen LogP contribution in [0.25, 0.3) is 86.4 Å². The fourth-order valence-electron chi connectivity index (χ4n) is 17.5. The third-order valence-electron chi connectivity index (χ3n) is 20.3. The lowest BCUT2D eigenvalue weighted by molar-refractivity contribution is -0.411. The van der Waals surface area contributed by atoms with E-state index in [-0.39, 0.29) is 52.1 Å². The van der Waals surface area contributed by atoms with Crippen LogP contribution < -0.4 is 0 Å². The molecule has 0 spiro atoms. The summed E-state index contributed by atoms with van der Waals surface area (Å²) in [5.74, 6) is -7.87. The Kier molecular flexibility index (Phi) is 13.8. The molecule has 6 bridgehead atoms. The van der Waals surface area contributed by atoms with Crippen molar-refractivity contribution in [1.82, 2.24) is 9.47 Å². The summed E-state index contributed by atoms with van der Waals surface area (Å²) in [7, 11) is 3.73. The van der Waals surface area contributed by atoms with Crippen LogP contribution in [0.2, 0.25) is 0 Å². The topological polar surface area (TPSA) is 255 Å². The van der Waals surface area contributed by atoms with Gasteiger partial charge in [-0.25, -0.2) is 0 Å². The molecule has 0 N–H and O–H groups in total. The number of benzene rings is 7. The maximum absolute atomic E-state index is 12.7. The van der Waals surface area contributed by atoms with E-state index in [0.717, 1.165) is 25.7 Å². The predicted octanol–water partition coefficient (Wildman–Crippen LogP) is 8.19. The predicted molar refractivity (Wildman–Crippen MR) is 331 cm³/mol. The van der Waals surface area contributed by atoms with E-state index in [0.29, 0.717) is 13.1 Å². The van der Waals surface area contributed by atoms with Crippen LogP contribution in [0.3, 0.4) is 0 Å². The second kappa shape index (κ2) is 21.1. The highest BCUT2D eigenvalue weighted by atomic mass is 16.8. The van der Waals surface area contributed by atoms with E-state index in [1.54, 1.807) is 0 Å². The summed E-state index contributed by atoms with van der Waals surface area (Å²) in [4.78, 5) is 99.1. The number of fused-ring (bicyclic) bond motifs is 6. The molecule has 0 amide bonds. The van der Waals surface area contributed by atoms with Crippen molar-refractivity contribution in [2.45, 2.75) is 173 Å². The van der Waals surface area contributed by atoms with Crippen LogP contribution in [0.5, 0.6) is 0 Å². The number of carbonyl (C=O) groups excluding carboxylic acids is 8. The minimum absolute atomic E-state index is 0.0399. The fourth-order valence-corrected chi connectivity index (χ4v) is 17.5. The van der Waals surface area contributed by atoms with Gasteiger partial charge in [-0.15, -0.1) is 0 Å². The summed E-state index contributed by atoms with van der Waals surface area (Å²) in [5, 5.41) is 19.4. The molecule has 22 heteroatoms. The van der Waals surface area contributed by atoms with E-state index in [2.05, 4.69) is 41.0 Å². The molecule has 4 saturated heterocycles. The number of aromatic nitrogens is 1. The largest absolute Gasteiger partial charge is 0.463 e. The molecule has 18 rings (SSSR count). The Morgan fingerprint density at radius 2 is 0.826 bits per heavy atom. The Morgan fingerprint density at radius 3 is 1.23 bits per heavy atom. The van der Waals surface area contributed by atoms with Crippen LogP contribution >= 0.6 is 0 Å². The first-order chi connectivity index (χ1) is 43.8. The average Bonchev–Trinajstić information content (AvgIpc) is 1.46. The normalized spacial score (nSPS) is 27.1. The minimum atomic E-state index is -1.63. The van der Waals surface area contributed by atoms with Crippen LogP contribution in [0.4, 0.5) is 0 Å². The number of nitrogens with zero attached hydrogens (tertiary/aromatic N) is 2. The number of aryl methyl sites for hydroxylation is 2. The zero-order valence-electron chi connectivity index (χ0n) is 52.9. The highest BCUT2D eigenvalue weighted by molar-refractivity contribution is 6.55. The van der Waals surface area contributed by atoms with Crippen LogP contribution in [-0.2, 0) is 127 Å². The van der Waals surface area contributed by atoms with E-state index in [9.17, 15) is 38.4 Å². The van der Waals surface area contributed by atoms with Crippen molar-refractivity contribution in [2.24, 2.45) is 0 Å². The Morgan fingerprint density at radius 1 is 0.446 bits per heavy atom. The number of pyridine rings is 1. The van der Waals surface area contributed by atoms with Gasteiger partial charge in [0.15, 0.2) is 23.4 Å². The number of hydrogen-bond acceptors (Lipinski definition) is 21. The zero-order chi connectivity index (χ0) is 64.6. The minimum Gasteiger partial charge on any atom is -0.463 e. The number of ether oxygens (including phenoxy) is 12. The summed E-state index contributed by atoms with van der Waals surface area (Å²) in [6.07, 6.45) is -2.70. The van der Waals surface area contributed by atoms with E-state index >= 15 is 0 Å². The third-order valence-corrected chi connectivity index (χ3v) is 20.3. The van der Waals surface area contributed by atoms with E-state index in [1.807, 2.05) is 19.0 Å². The molecule has 6 heterocycles. The highest BCUT2D eigenvalue weighted by Gasteiger charge is 2.72. The molecule has 8 aromatic carbocycles. The first-order valence-corrected chi connectivity index (χ1v) is 31.5. The van der Waals surface area contributed by atoms with Crippen LogP contribution in [0, 0.1) is 0 Å². The second-order valence-corrected chi connectivity index (χ2v) is 26.4. The number of carbonyl (C=O) groups is 8. The van der Waals surface area contributed by atoms with Gasteiger partial charge >= 0.3 is 47.8 Å². The van der Waals surface area contributed by atoms with Crippen molar-refractivity contribution >= 4 is 134 Å². The van der Waals surface area contributed by atoms with Crippen molar-refractivity contribution < 1.29 is 95.2 Å². The molecule has 5 aliphatic heterocycles. The number of esters is 8. The van der Waals surface area contributed by atoms with Gasteiger partial charge in [-0.05, 0) is 127 Å². The zero-order valence-corrected chi connectivity index (χ0v) is 52.9. The number of rotatable bonds is 18. The molecule has 22 nitrogen and oxygen atoms in total. The molecule has 10 unspecified atom stereocenters. The molecule has 9 aromatic rings. The van der Waals surface area contributed by atoms with Gasteiger partial charge in [-0.3, -0.25) is 38.4 Å². The fraction of sp³-hybridized carbons (Fsp3) is 0.486. The van der Waals surface area contributed by atoms with Gasteiger partial charge in [0.2, 0.25) is 11.6 Å². The third kappa shape index (κ3) is 8.82. The first-order valence-electron chi connectivity index (χ1n) is 31.5. The molecule has 2 saturated carbocycles. The number of likely N-dealkylation sites (N-methyl/N-ethyl adjacent to an activating group) is 1. The summed E-state index contributed by atoms with van der Waals surface area (Å²) in [6, 6.07) is 14.5. The molecular formula is C70H70N2O20. The molecule has 4 aliphatic carbocycles. The van der Waals surface area contributed by atoms with Gasteiger partial charge in [-0.2, -0.15) is 0 Å². The smallest absolute Gasteiger partial charge is 0.303 e. The van der Waals surface area contributed by atoms with Gasteiger partial charge in [-0.1, -0.05) is 36.4 Å².